The summed E-state index contributed by atoms with van der Waals surface area (Å²) in [5.74, 6) is 0. The molecule has 0 aromatic rings. The van der Waals surface area contributed by atoms with Crippen molar-refractivity contribution in [2.24, 2.45) is 0 Å². The van der Waals surface area contributed by atoms with Crippen LogP contribution in [0.1, 0.15) is 0 Å². The van der Waals surface area contributed by atoms with E-state index >= 15 is 0 Å². The Kier molecular flexibility index (Phi) is 37.1. The summed E-state index contributed by atoms with van der Waals surface area (Å²) in [6.45, 7) is 3.50. The van der Waals surface area contributed by atoms with Gasteiger partial charge in [0.05, 0.1) is 0 Å². The van der Waals surface area contributed by atoms with Gasteiger partial charge in [0.25, 0.3) is 0 Å². The molecule has 0 atom stereocenters. The average Bonchev–Trinajstić information content (AvgIpc) is 2.00. The van der Waals surface area contributed by atoms with E-state index in [2.05, 4.69) is 44.5 Å². The topological polar surface area (TPSA) is 112 Å². The van der Waals surface area contributed by atoms with E-state index in [0.717, 1.165) is 0 Å². The number of allylic oxidation sites excluding steroid dienone is 1. The standard InChI is InChI=1S/C3H5.3CH2O2S.Sn/c1-3-2;3*2-1(3)4;/h3H,1-2H2;3*4H,(H,2,3);/q;;;;+3/p-3. The summed E-state index contributed by atoms with van der Waals surface area (Å²) in [4.78, 5) is 26.4. The fraction of sp³-hybridized carbons (Fsp3) is 0.167. The zero-order valence-corrected chi connectivity index (χ0v) is 13.1. The Labute approximate surface area is 122 Å². The minimum atomic E-state index is -1.25. The molecule has 0 heterocycles. The number of hydrogen-bond acceptors (Lipinski definition) is 6. The third-order valence-electron chi connectivity index (χ3n) is 0.144. The first-order valence-corrected chi connectivity index (χ1v) is 6.31. The van der Waals surface area contributed by atoms with E-state index in [-0.39, 0.29) is 0 Å². The Bertz CT molecular complexity index is 170. The largest absolute Gasteiger partial charge is 0.698 e. The summed E-state index contributed by atoms with van der Waals surface area (Å²) in [6, 6.07) is 0. The van der Waals surface area contributed by atoms with Crippen LogP contribution in [0.5, 0.6) is 0 Å². The molecule has 10 heteroatoms. The van der Waals surface area contributed by atoms with E-state index in [1.165, 1.54) is 4.44 Å². The first-order chi connectivity index (χ1) is 7.11. The van der Waals surface area contributed by atoms with E-state index in [4.69, 9.17) is 29.7 Å². The molecule has 0 spiro atoms. The molecular weight excluding hydrogens is 383 g/mol. The van der Waals surface area contributed by atoms with Crippen LogP contribution in [-0.2, 0) is 37.9 Å². The van der Waals surface area contributed by atoms with Crippen LogP contribution in [0.3, 0.4) is 0 Å². The molecule has 3 N–H and O–H groups in total. The Morgan fingerprint density at radius 1 is 1.00 bits per heavy atom. The van der Waals surface area contributed by atoms with Crippen molar-refractivity contribution in [2.45, 2.75) is 4.44 Å². The number of carboxylic acid groups (broad SMARTS) is 3. The van der Waals surface area contributed by atoms with Crippen molar-refractivity contribution >= 4 is 76.3 Å². The van der Waals surface area contributed by atoms with Crippen molar-refractivity contribution in [3.63, 3.8) is 0 Å². The van der Waals surface area contributed by atoms with Gasteiger partial charge in [-0.1, -0.05) is 0 Å². The van der Waals surface area contributed by atoms with E-state index < -0.39 is 15.9 Å². The smallest absolute Gasteiger partial charge is 0.181 e. The third-order valence-corrected chi connectivity index (χ3v) is 0.968. The van der Waals surface area contributed by atoms with Crippen LogP contribution in [0, 0.1) is 0 Å². The maximum absolute atomic E-state index is 8.81. The average molecular weight is 391 g/mol. The van der Waals surface area contributed by atoms with Gasteiger partial charge in [-0.15, -0.1) is 0 Å². The van der Waals surface area contributed by atoms with Gasteiger partial charge in [-0.25, -0.2) is 0 Å². The SMILES string of the molecule is C=C[CH2][Sn+3].O=C(O)[S-].O=C(O)[S-].O=C(O)[S-]. The summed E-state index contributed by atoms with van der Waals surface area (Å²) >= 11 is 12.2. The number of carbonyl (C=O) groups is 3. The fourth-order valence-corrected chi connectivity index (χ4v) is 0. The molecule has 0 saturated carbocycles. The van der Waals surface area contributed by atoms with Crippen LogP contribution in [-0.4, -0.2) is 53.7 Å². The van der Waals surface area contributed by atoms with Gasteiger partial charge in [-0.3, -0.25) is 14.4 Å². The summed E-state index contributed by atoms with van der Waals surface area (Å²) in [7, 11) is 0. The van der Waals surface area contributed by atoms with Crippen molar-refractivity contribution in [1.29, 1.82) is 0 Å². The Morgan fingerprint density at radius 3 is 1.06 bits per heavy atom. The van der Waals surface area contributed by atoms with Crippen molar-refractivity contribution in [3.05, 3.63) is 12.7 Å². The van der Waals surface area contributed by atoms with Crippen LogP contribution in [0.25, 0.3) is 0 Å². The molecule has 0 saturated heterocycles. The molecule has 0 unspecified atom stereocenters. The first-order valence-electron chi connectivity index (χ1n) is 3.07. The van der Waals surface area contributed by atoms with Crippen molar-refractivity contribution < 1.29 is 29.7 Å². The fourth-order valence-electron chi connectivity index (χ4n) is 0. The minimum Gasteiger partial charge on any atom is -0.698 e. The third kappa shape index (κ3) is 5840. The molecule has 0 amide bonds. The second kappa shape index (κ2) is 24.0. The normalized spacial score (nSPS) is 6.12. The zero-order chi connectivity index (χ0) is 14.1. The first kappa shape index (κ1) is 24.7. The molecule has 0 aromatic carbocycles. The maximum Gasteiger partial charge on any atom is 0.181 e. The quantitative estimate of drug-likeness (QED) is 0.347. The minimum absolute atomic E-state index is 1.17. The van der Waals surface area contributed by atoms with Crippen LogP contribution < -0.4 is 0 Å². The van der Waals surface area contributed by atoms with Gasteiger partial charge in [0.2, 0.25) is 0 Å². The molecule has 16 heavy (non-hydrogen) atoms. The van der Waals surface area contributed by atoms with Crippen LogP contribution in [0.2, 0.25) is 4.44 Å². The summed E-state index contributed by atoms with van der Waals surface area (Å²) < 4.78 is 1.17. The van der Waals surface area contributed by atoms with Gasteiger partial charge in [-0.05, 0) is 0 Å². The van der Waals surface area contributed by atoms with Crippen molar-refractivity contribution in [2.75, 3.05) is 0 Å². The summed E-state index contributed by atoms with van der Waals surface area (Å²) in [5.41, 5.74) is 0. The second-order valence-electron chi connectivity index (χ2n) is 1.29. The van der Waals surface area contributed by atoms with Crippen molar-refractivity contribution in [1.82, 2.24) is 0 Å². The number of rotatable bonds is 1. The van der Waals surface area contributed by atoms with Gasteiger partial charge in [0, 0.05) is 0 Å². The Balaban J connectivity index is -0.0000000600. The predicted molar refractivity (Wildman–Crippen MR) is 66.9 cm³/mol. The molecule has 0 aliphatic rings. The molecule has 0 fully saturated rings. The number of hydrogen-bond donors (Lipinski definition) is 3. The molecule has 0 aliphatic heterocycles. The van der Waals surface area contributed by atoms with Gasteiger partial charge < -0.3 is 53.2 Å². The van der Waals surface area contributed by atoms with E-state index in [9.17, 15) is 0 Å². The van der Waals surface area contributed by atoms with Gasteiger partial charge in [0.15, 0.2) is 15.9 Å². The van der Waals surface area contributed by atoms with E-state index in [1.807, 2.05) is 6.08 Å². The van der Waals surface area contributed by atoms with E-state index in [0.29, 0.717) is 0 Å². The Hall–Kier alpha value is -0.391. The van der Waals surface area contributed by atoms with Crippen LogP contribution in [0.15, 0.2) is 12.7 Å². The molecule has 0 aliphatic carbocycles. The van der Waals surface area contributed by atoms with Gasteiger partial charge in [0.1, 0.15) is 0 Å². The molecule has 0 radical (unpaired) electrons. The maximum atomic E-state index is 8.81. The zero-order valence-electron chi connectivity index (χ0n) is 7.78. The monoisotopic (exact) mass is 392 g/mol. The summed E-state index contributed by atoms with van der Waals surface area (Å²) in [5, 5.41) is 17.9. The second-order valence-corrected chi connectivity index (χ2v) is 3.50. The molecule has 0 bridgehead atoms. The molecule has 0 aromatic heterocycles. The van der Waals surface area contributed by atoms with Crippen LogP contribution in [0.4, 0.5) is 14.4 Å². The molecule has 0 rings (SSSR count). The Morgan fingerprint density at radius 2 is 1.06 bits per heavy atom. The van der Waals surface area contributed by atoms with E-state index in [1.54, 1.807) is 22.5 Å². The van der Waals surface area contributed by atoms with Crippen LogP contribution >= 0.6 is 0 Å². The molecular formula is C6H8O6S3Sn. The van der Waals surface area contributed by atoms with Gasteiger partial charge >= 0.3 is 39.6 Å². The predicted octanol–water partition coefficient (Wildman–Crippen LogP) is 1.39. The molecule has 90 valence electrons. The van der Waals surface area contributed by atoms with Gasteiger partial charge in [-0.2, -0.15) is 0 Å². The van der Waals surface area contributed by atoms with Crippen molar-refractivity contribution in [3.8, 4) is 0 Å². The summed E-state index contributed by atoms with van der Waals surface area (Å²) in [6.07, 6.45) is 1.92. The molecule has 6 nitrogen and oxygen atoms in total.